The Morgan fingerprint density at radius 2 is 1.71 bits per heavy atom. The highest BCUT2D eigenvalue weighted by molar-refractivity contribution is 5.90. The number of rotatable bonds is 6. The van der Waals surface area contributed by atoms with Crippen LogP contribution in [-0.2, 0) is 11.3 Å². The van der Waals surface area contributed by atoms with Gasteiger partial charge in [0.25, 0.3) is 0 Å². The van der Waals surface area contributed by atoms with Crippen LogP contribution in [0.2, 0.25) is 0 Å². The number of nitrogens with one attached hydrogen (secondary N) is 2. The number of hydrogen-bond acceptors (Lipinski definition) is 3. The SMILES string of the molecule is CCC(=O)Nc1ccc(NCc2ccccc2OC)cc1. The van der Waals surface area contributed by atoms with Gasteiger partial charge in [-0.15, -0.1) is 0 Å². The van der Waals surface area contributed by atoms with E-state index < -0.39 is 0 Å². The van der Waals surface area contributed by atoms with E-state index in [4.69, 9.17) is 4.74 Å². The van der Waals surface area contributed by atoms with Crippen LogP contribution in [0.4, 0.5) is 11.4 Å². The van der Waals surface area contributed by atoms with Gasteiger partial charge in [-0.2, -0.15) is 0 Å². The molecule has 0 saturated carbocycles. The Balaban J connectivity index is 1.96. The van der Waals surface area contributed by atoms with Gasteiger partial charge in [0.05, 0.1) is 7.11 Å². The molecule has 2 N–H and O–H groups in total. The molecule has 0 aromatic heterocycles. The fourth-order valence-corrected chi connectivity index (χ4v) is 1.97. The zero-order valence-electron chi connectivity index (χ0n) is 12.3. The summed E-state index contributed by atoms with van der Waals surface area (Å²) in [5, 5.41) is 6.16. The number of methoxy groups -OCH3 is 1. The second kappa shape index (κ2) is 7.33. The number of ether oxygens (including phenoxy) is 1. The Kier molecular flexibility index (Phi) is 5.21. The summed E-state index contributed by atoms with van der Waals surface area (Å²) in [5.41, 5.74) is 2.91. The van der Waals surface area contributed by atoms with E-state index in [9.17, 15) is 4.79 Å². The average Bonchev–Trinajstić information content (AvgIpc) is 2.54. The average molecular weight is 284 g/mol. The van der Waals surface area contributed by atoms with Gasteiger partial charge in [-0.1, -0.05) is 25.1 Å². The van der Waals surface area contributed by atoms with E-state index in [0.29, 0.717) is 13.0 Å². The van der Waals surface area contributed by atoms with Crippen molar-refractivity contribution in [3.63, 3.8) is 0 Å². The van der Waals surface area contributed by atoms with Crippen LogP contribution in [0.5, 0.6) is 5.75 Å². The molecule has 0 saturated heterocycles. The smallest absolute Gasteiger partial charge is 0.224 e. The van der Waals surface area contributed by atoms with E-state index in [1.807, 2.05) is 55.5 Å². The van der Waals surface area contributed by atoms with E-state index in [0.717, 1.165) is 22.7 Å². The lowest BCUT2D eigenvalue weighted by atomic mass is 10.2. The van der Waals surface area contributed by atoms with Crippen LogP contribution in [0.1, 0.15) is 18.9 Å². The molecule has 1 amide bonds. The molecule has 4 heteroatoms. The molecule has 0 aliphatic carbocycles. The van der Waals surface area contributed by atoms with Crippen LogP contribution in [0.3, 0.4) is 0 Å². The highest BCUT2D eigenvalue weighted by Crippen LogP contribution is 2.20. The third kappa shape index (κ3) is 4.24. The number of hydrogen-bond donors (Lipinski definition) is 2. The predicted molar refractivity (Wildman–Crippen MR) is 85.7 cm³/mol. The molecule has 0 aliphatic rings. The third-order valence-corrected chi connectivity index (χ3v) is 3.17. The van der Waals surface area contributed by atoms with Gasteiger partial charge in [0.15, 0.2) is 0 Å². The van der Waals surface area contributed by atoms with Crippen molar-refractivity contribution >= 4 is 17.3 Å². The van der Waals surface area contributed by atoms with E-state index in [2.05, 4.69) is 10.6 Å². The lowest BCUT2D eigenvalue weighted by molar-refractivity contribution is -0.115. The van der Waals surface area contributed by atoms with E-state index in [1.165, 1.54) is 0 Å². The first-order chi connectivity index (χ1) is 10.2. The van der Waals surface area contributed by atoms with Crippen LogP contribution in [-0.4, -0.2) is 13.0 Å². The Morgan fingerprint density at radius 3 is 2.38 bits per heavy atom. The Labute approximate surface area is 125 Å². The first-order valence-corrected chi connectivity index (χ1v) is 6.98. The van der Waals surface area contributed by atoms with Crippen LogP contribution in [0.15, 0.2) is 48.5 Å². The van der Waals surface area contributed by atoms with Crippen molar-refractivity contribution < 1.29 is 9.53 Å². The molecule has 0 bridgehead atoms. The van der Waals surface area contributed by atoms with Crippen molar-refractivity contribution in [1.82, 2.24) is 0 Å². The van der Waals surface area contributed by atoms with Crippen LogP contribution < -0.4 is 15.4 Å². The van der Waals surface area contributed by atoms with Crippen LogP contribution >= 0.6 is 0 Å². The molecule has 0 atom stereocenters. The quantitative estimate of drug-likeness (QED) is 0.851. The molecule has 0 fully saturated rings. The topological polar surface area (TPSA) is 50.4 Å². The summed E-state index contributed by atoms with van der Waals surface area (Å²) in [7, 11) is 1.67. The second-order valence-electron chi connectivity index (χ2n) is 4.64. The normalized spacial score (nSPS) is 10.0. The summed E-state index contributed by atoms with van der Waals surface area (Å²) in [4.78, 5) is 11.3. The molecule has 0 unspecified atom stereocenters. The number of carbonyl (C=O) groups excluding carboxylic acids is 1. The summed E-state index contributed by atoms with van der Waals surface area (Å²) in [6.45, 7) is 2.52. The molecule has 2 rings (SSSR count). The highest BCUT2D eigenvalue weighted by atomic mass is 16.5. The molecule has 0 heterocycles. The van der Waals surface area contributed by atoms with Crippen LogP contribution in [0, 0.1) is 0 Å². The minimum atomic E-state index is 0.0183. The summed E-state index contributed by atoms with van der Waals surface area (Å²) in [6, 6.07) is 15.6. The van der Waals surface area contributed by atoms with Crippen molar-refractivity contribution in [3.05, 3.63) is 54.1 Å². The monoisotopic (exact) mass is 284 g/mol. The van der Waals surface area contributed by atoms with Crippen molar-refractivity contribution in [2.75, 3.05) is 17.7 Å². The third-order valence-electron chi connectivity index (χ3n) is 3.17. The van der Waals surface area contributed by atoms with E-state index in [1.54, 1.807) is 7.11 Å². The maximum Gasteiger partial charge on any atom is 0.224 e. The number of para-hydroxylation sites is 1. The van der Waals surface area contributed by atoms with Gasteiger partial charge < -0.3 is 15.4 Å². The van der Waals surface area contributed by atoms with Crippen molar-refractivity contribution in [1.29, 1.82) is 0 Å². The standard InChI is InChI=1S/C17H20N2O2/c1-3-17(20)19-15-10-8-14(9-11-15)18-12-13-6-4-5-7-16(13)21-2/h4-11,18H,3,12H2,1-2H3,(H,19,20). The first-order valence-electron chi connectivity index (χ1n) is 6.98. The van der Waals surface area contributed by atoms with E-state index in [-0.39, 0.29) is 5.91 Å². The van der Waals surface area contributed by atoms with Gasteiger partial charge in [-0.05, 0) is 30.3 Å². The maximum absolute atomic E-state index is 11.3. The van der Waals surface area contributed by atoms with Gasteiger partial charge in [0.2, 0.25) is 5.91 Å². The van der Waals surface area contributed by atoms with Crippen LogP contribution in [0.25, 0.3) is 0 Å². The van der Waals surface area contributed by atoms with Gasteiger partial charge in [0.1, 0.15) is 5.75 Å². The largest absolute Gasteiger partial charge is 0.496 e. The minimum absolute atomic E-state index is 0.0183. The van der Waals surface area contributed by atoms with Crippen molar-refractivity contribution in [3.8, 4) is 5.75 Å². The Hall–Kier alpha value is -2.49. The van der Waals surface area contributed by atoms with Gasteiger partial charge in [-0.25, -0.2) is 0 Å². The Morgan fingerprint density at radius 1 is 1.05 bits per heavy atom. The number of anilines is 2. The van der Waals surface area contributed by atoms with Gasteiger partial charge in [0, 0.05) is 29.9 Å². The zero-order chi connectivity index (χ0) is 15.1. The molecule has 21 heavy (non-hydrogen) atoms. The lowest BCUT2D eigenvalue weighted by Crippen LogP contribution is -2.09. The molecular weight excluding hydrogens is 264 g/mol. The zero-order valence-corrected chi connectivity index (χ0v) is 12.3. The molecule has 110 valence electrons. The molecule has 0 aliphatic heterocycles. The Bertz CT molecular complexity index is 594. The molecular formula is C17H20N2O2. The summed E-state index contributed by atoms with van der Waals surface area (Å²) in [5.74, 6) is 0.890. The minimum Gasteiger partial charge on any atom is -0.496 e. The fourth-order valence-electron chi connectivity index (χ4n) is 1.97. The molecule has 4 nitrogen and oxygen atoms in total. The van der Waals surface area contributed by atoms with Gasteiger partial charge >= 0.3 is 0 Å². The van der Waals surface area contributed by atoms with Gasteiger partial charge in [-0.3, -0.25) is 4.79 Å². The molecule has 0 spiro atoms. The predicted octanol–water partition coefficient (Wildman–Crippen LogP) is 3.66. The number of carbonyl (C=O) groups is 1. The summed E-state index contributed by atoms with van der Waals surface area (Å²) >= 11 is 0. The molecule has 2 aromatic rings. The van der Waals surface area contributed by atoms with E-state index >= 15 is 0 Å². The molecule has 2 aromatic carbocycles. The molecule has 0 radical (unpaired) electrons. The highest BCUT2D eigenvalue weighted by Gasteiger charge is 2.02. The summed E-state index contributed by atoms with van der Waals surface area (Å²) < 4.78 is 5.32. The maximum atomic E-state index is 11.3. The second-order valence-corrected chi connectivity index (χ2v) is 4.64. The number of amides is 1. The first kappa shape index (κ1) is 14.9. The fraction of sp³-hybridized carbons (Fsp3) is 0.235. The van der Waals surface area contributed by atoms with Crippen molar-refractivity contribution in [2.45, 2.75) is 19.9 Å². The summed E-state index contributed by atoms with van der Waals surface area (Å²) in [6.07, 6.45) is 0.480. The lowest BCUT2D eigenvalue weighted by Gasteiger charge is -2.11. The van der Waals surface area contributed by atoms with Crippen molar-refractivity contribution in [2.24, 2.45) is 0 Å². The number of benzene rings is 2.